The molecule has 3 aromatic rings. The van der Waals surface area contributed by atoms with Crippen LogP contribution in [-0.4, -0.2) is 12.1 Å². The van der Waals surface area contributed by atoms with Crippen LogP contribution >= 0.6 is 0 Å². The van der Waals surface area contributed by atoms with Crippen LogP contribution in [0.15, 0.2) is 71.7 Å². The van der Waals surface area contributed by atoms with Gasteiger partial charge in [0.1, 0.15) is 0 Å². The number of anilines is 1. The number of hydrogen-bond acceptors (Lipinski definition) is 2. The number of benzene rings is 3. The third kappa shape index (κ3) is 3.22. The first-order valence-electron chi connectivity index (χ1n) is 8.32. The molecule has 1 amide bonds. The van der Waals surface area contributed by atoms with Crippen molar-refractivity contribution in [3.63, 3.8) is 0 Å². The summed E-state index contributed by atoms with van der Waals surface area (Å²) in [6.45, 7) is 1.50. The quantitative estimate of drug-likeness (QED) is 0.531. The summed E-state index contributed by atoms with van der Waals surface area (Å²) < 4.78 is 0. The number of carbonyl (C=O) groups is 1. The molecule has 25 heavy (non-hydrogen) atoms. The van der Waals surface area contributed by atoms with Gasteiger partial charge in [-0.3, -0.25) is 9.79 Å². The Bertz CT molecular complexity index is 972. The van der Waals surface area contributed by atoms with Crippen LogP contribution < -0.4 is 5.32 Å². The molecular formula is C22H18N2O. The molecule has 0 fully saturated rings. The zero-order valence-electron chi connectivity index (χ0n) is 14.0. The maximum atomic E-state index is 11.0. The fraction of sp³-hybridized carbons (Fsp3) is 0.0909. The first-order chi connectivity index (χ1) is 12.2. The average Bonchev–Trinajstić information content (AvgIpc) is 2.98. The highest BCUT2D eigenvalue weighted by molar-refractivity contribution is 5.89. The average molecular weight is 326 g/mol. The van der Waals surface area contributed by atoms with Crippen molar-refractivity contribution in [2.24, 2.45) is 4.99 Å². The first kappa shape index (κ1) is 15.3. The van der Waals surface area contributed by atoms with E-state index in [0.717, 1.165) is 23.4 Å². The number of rotatable bonds is 3. The van der Waals surface area contributed by atoms with Crippen LogP contribution in [0.1, 0.15) is 23.6 Å². The van der Waals surface area contributed by atoms with Crippen LogP contribution in [0.2, 0.25) is 0 Å². The van der Waals surface area contributed by atoms with Gasteiger partial charge < -0.3 is 5.32 Å². The number of fused-ring (bicyclic) bond motifs is 3. The summed E-state index contributed by atoms with van der Waals surface area (Å²) in [5.41, 5.74) is 8.11. The molecule has 0 spiro atoms. The fourth-order valence-corrected chi connectivity index (χ4v) is 3.22. The van der Waals surface area contributed by atoms with Crippen LogP contribution in [0.3, 0.4) is 0 Å². The first-order valence-corrected chi connectivity index (χ1v) is 8.32. The van der Waals surface area contributed by atoms with Crippen LogP contribution in [0.4, 0.5) is 11.4 Å². The minimum Gasteiger partial charge on any atom is -0.326 e. The van der Waals surface area contributed by atoms with E-state index in [1.165, 1.54) is 29.2 Å². The van der Waals surface area contributed by atoms with E-state index in [1.807, 2.05) is 30.5 Å². The number of nitrogens with one attached hydrogen (secondary N) is 1. The van der Waals surface area contributed by atoms with Crippen molar-refractivity contribution in [2.45, 2.75) is 13.3 Å². The fourth-order valence-electron chi connectivity index (χ4n) is 3.22. The van der Waals surface area contributed by atoms with Gasteiger partial charge in [-0.25, -0.2) is 0 Å². The Kier molecular flexibility index (Phi) is 3.90. The monoisotopic (exact) mass is 326 g/mol. The molecule has 0 unspecified atom stereocenters. The van der Waals surface area contributed by atoms with Crippen molar-refractivity contribution < 1.29 is 4.79 Å². The molecule has 0 radical (unpaired) electrons. The standard InChI is InChI=1S/C22H18N2O/c1-15(25)24-19-8-6-16(7-9-19)14-23-20-10-11-22-18(13-20)12-17-4-2-3-5-21(17)22/h2-11,13-14H,12H2,1H3,(H,24,25). The molecule has 0 bridgehead atoms. The van der Waals surface area contributed by atoms with E-state index in [0.29, 0.717) is 0 Å². The van der Waals surface area contributed by atoms with Gasteiger partial charge in [0.05, 0.1) is 5.69 Å². The maximum Gasteiger partial charge on any atom is 0.221 e. The summed E-state index contributed by atoms with van der Waals surface area (Å²) in [7, 11) is 0. The second-order valence-electron chi connectivity index (χ2n) is 6.24. The molecule has 1 N–H and O–H groups in total. The minimum atomic E-state index is -0.0689. The summed E-state index contributed by atoms with van der Waals surface area (Å²) in [5, 5.41) is 2.76. The smallest absolute Gasteiger partial charge is 0.221 e. The van der Waals surface area contributed by atoms with Gasteiger partial charge in [-0.2, -0.15) is 0 Å². The normalized spacial score (nSPS) is 12.0. The molecule has 0 aromatic heterocycles. The molecule has 0 aliphatic heterocycles. The molecule has 0 saturated carbocycles. The zero-order valence-corrected chi connectivity index (χ0v) is 14.0. The third-order valence-electron chi connectivity index (χ3n) is 4.37. The molecule has 3 aromatic carbocycles. The van der Waals surface area contributed by atoms with Crippen molar-refractivity contribution in [3.05, 3.63) is 83.4 Å². The van der Waals surface area contributed by atoms with Crippen LogP contribution in [0, 0.1) is 0 Å². The van der Waals surface area contributed by atoms with Crippen molar-refractivity contribution in [3.8, 4) is 11.1 Å². The predicted molar refractivity (Wildman–Crippen MR) is 103 cm³/mol. The number of hydrogen-bond donors (Lipinski definition) is 1. The van der Waals surface area contributed by atoms with E-state index in [4.69, 9.17) is 0 Å². The second-order valence-corrected chi connectivity index (χ2v) is 6.24. The topological polar surface area (TPSA) is 41.5 Å². The Morgan fingerprint density at radius 2 is 1.72 bits per heavy atom. The summed E-state index contributed by atoms with van der Waals surface area (Å²) in [6.07, 6.45) is 2.82. The molecular weight excluding hydrogens is 308 g/mol. The molecule has 0 saturated heterocycles. The van der Waals surface area contributed by atoms with E-state index < -0.39 is 0 Å². The van der Waals surface area contributed by atoms with Crippen LogP contribution in [-0.2, 0) is 11.2 Å². The lowest BCUT2D eigenvalue weighted by atomic mass is 10.1. The lowest BCUT2D eigenvalue weighted by Gasteiger charge is -2.03. The van der Waals surface area contributed by atoms with E-state index >= 15 is 0 Å². The molecule has 1 aliphatic carbocycles. The van der Waals surface area contributed by atoms with E-state index in [2.05, 4.69) is 52.8 Å². The van der Waals surface area contributed by atoms with Gasteiger partial charge in [-0.1, -0.05) is 42.5 Å². The van der Waals surface area contributed by atoms with E-state index in [-0.39, 0.29) is 5.91 Å². The highest BCUT2D eigenvalue weighted by atomic mass is 16.1. The third-order valence-corrected chi connectivity index (χ3v) is 4.37. The number of aliphatic imine (C=N–C) groups is 1. The summed E-state index contributed by atoms with van der Waals surface area (Å²) in [6, 6.07) is 22.6. The molecule has 1 aliphatic rings. The Hall–Kier alpha value is -3.20. The minimum absolute atomic E-state index is 0.0689. The van der Waals surface area contributed by atoms with Crippen molar-refractivity contribution in [1.29, 1.82) is 0 Å². The van der Waals surface area contributed by atoms with Gasteiger partial charge in [0.25, 0.3) is 0 Å². The largest absolute Gasteiger partial charge is 0.326 e. The SMILES string of the molecule is CC(=O)Nc1ccc(C=Nc2ccc3c(c2)Cc2ccccc2-3)cc1. The lowest BCUT2D eigenvalue weighted by molar-refractivity contribution is -0.114. The number of carbonyl (C=O) groups excluding carboxylic acids is 1. The molecule has 122 valence electrons. The van der Waals surface area contributed by atoms with Gasteiger partial charge in [0.15, 0.2) is 0 Å². The van der Waals surface area contributed by atoms with E-state index in [9.17, 15) is 4.79 Å². The molecule has 4 rings (SSSR count). The summed E-state index contributed by atoms with van der Waals surface area (Å²) >= 11 is 0. The van der Waals surface area contributed by atoms with Crippen LogP contribution in [0.5, 0.6) is 0 Å². The predicted octanol–water partition coefficient (Wildman–Crippen LogP) is 4.97. The van der Waals surface area contributed by atoms with Gasteiger partial charge >= 0.3 is 0 Å². The number of amides is 1. The van der Waals surface area contributed by atoms with Crippen LogP contribution in [0.25, 0.3) is 11.1 Å². The Morgan fingerprint density at radius 3 is 2.52 bits per heavy atom. The molecule has 3 nitrogen and oxygen atoms in total. The number of nitrogens with zero attached hydrogens (tertiary/aromatic N) is 1. The maximum absolute atomic E-state index is 11.0. The van der Waals surface area contributed by atoms with E-state index in [1.54, 1.807) is 0 Å². The Labute approximate surface area is 147 Å². The summed E-state index contributed by atoms with van der Waals surface area (Å²) in [5.74, 6) is -0.0689. The molecule has 0 heterocycles. The van der Waals surface area contributed by atoms with Gasteiger partial charge in [-0.05, 0) is 58.5 Å². The van der Waals surface area contributed by atoms with Gasteiger partial charge in [-0.15, -0.1) is 0 Å². The van der Waals surface area contributed by atoms with Crippen molar-refractivity contribution in [1.82, 2.24) is 0 Å². The highest BCUT2D eigenvalue weighted by Gasteiger charge is 2.17. The second kappa shape index (κ2) is 6.36. The molecule has 0 atom stereocenters. The highest BCUT2D eigenvalue weighted by Crippen LogP contribution is 2.38. The molecule has 3 heteroatoms. The van der Waals surface area contributed by atoms with Crippen molar-refractivity contribution in [2.75, 3.05) is 5.32 Å². The van der Waals surface area contributed by atoms with Gasteiger partial charge in [0.2, 0.25) is 5.91 Å². The lowest BCUT2D eigenvalue weighted by Crippen LogP contribution is -2.05. The Balaban J connectivity index is 1.53. The van der Waals surface area contributed by atoms with Gasteiger partial charge in [0, 0.05) is 18.8 Å². The summed E-state index contributed by atoms with van der Waals surface area (Å²) in [4.78, 5) is 15.6. The van der Waals surface area contributed by atoms with Crippen molar-refractivity contribution >= 4 is 23.5 Å². The Morgan fingerprint density at radius 1 is 0.960 bits per heavy atom. The zero-order chi connectivity index (χ0) is 17.2.